The molecular weight excluding hydrogens is 421 g/mol. The molecule has 2 aromatic carbocycles. The number of hydrogen-bond donors (Lipinski definition) is 0. The van der Waals surface area contributed by atoms with Crippen LogP contribution in [0.5, 0.6) is 0 Å². The summed E-state index contributed by atoms with van der Waals surface area (Å²) in [6.45, 7) is 0.942. The molecule has 0 fully saturated rings. The second-order valence-electron chi connectivity index (χ2n) is 7.03. The molecule has 0 aliphatic carbocycles. The zero-order chi connectivity index (χ0) is 20.5. The van der Waals surface area contributed by atoms with Gasteiger partial charge in [0.15, 0.2) is 0 Å². The molecule has 0 bridgehead atoms. The first kappa shape index (κ1) is 19.1. The van der Waals surface area contributed by atoms with Crippen molar-refractivity contribution in [2.24, 2.45) is 9.98 Å². The smallest absolute Gasteiger partial charge is 0.236 e. The van der Waals surface area contributed by atoms with Gasteiger partial charge in [-0.05, 0) is 47.5 Å². The second kappa shape index (κ2) is 8.09. The molecule has 3 heterocycles. The van der Waals surface area contributed by atoms with Crippen LogP contribution in [-0.4, -0.2) is 30.0 Å². The molecule has 1 aromatic heterocycles. The monoisotopic (exact) mass is 437 g/mol. The van der Waals surface area contributed by atoms with Gasteiger partial charge in [0.25, 0.3) is 0 Å². The molecule has 2 aliphatic heterocycles. The van der Waals surface area contributed by atoms with Gasteiger partial charge in [0.1, 0.15) is 36.7 Å². The third kappa shape index (κ3) is 3.91. The normalized spacial score (nSPS) is 20.3. The molecule has 5 nitrogen and oxygen atoms in total. The third-order valence-corrected chi connectivity index (χ3v) is 5.50. The van der Waals surface area contributed by atoms with Crippen LogP contribution in [0.1, 0.15) is 34.6 Å². The maximum absolute atomic E-state index is 5.97. The van der Waals surface area contributed by atoms with E-state index < -0.39 is 0 Å². The Labute approximate surface area is 184 Å². The van der Waals surface area contributed by atoms with Crippen LogP contribution in [0.25, 0.3) is 0 Å². The summed E-state index contributed by atoms with van der Waals surface area (Å²) in [4.78, 5) is 14.1. The largest absolute Gasteiger partial charge is 0.474 e. The van der Waals surface area contributed by atoms with E-state index >= 15 is 0 Å². The van der Waals surface area contributed by atoms with Crippen LogP contribution in [0.15, 0.2) is 76.7 Å². The van der Waals surface area contributed by atoms with E-state index in [1.165, 1.54) is 0 Å². The second-order valence-corrected chi connectivity index (χ2v) is 7.91. The lowest BCUT2D eigenvalue weighted by Crippen LogP contribution is -2.09. The number of nitrogens with zero attached hydrogens (tertiary/aromatic N) is 3. The highest BCUT2D eigenvalue weighted by atomic mass is 35.5. The number of aromatic nitrogens is 1. The summed E-state index contributed by atoms with van der Waals surface area (Å²) in [6.07, 6.45) is 0. The third-order valence-electron chi connectivity index (χ3n) is 5.00. The van der Waals surface area contributed by atoms with Crippen molar-refractivity contribution in [3.8, 4) is 0 Å². The van der Waals surface area contributed by atoms with E-state index in [-0.39, 0.29) is 12.1 Å². The Morgan fingerprint density at radius 1 is 0.633 bits per heavy atom. The quantitative estimate of drug-likeness (QED) is 0.546. The van der Waals surface area contributed by atoms with Gasteiger partial charge >= 0.3 is 0 Å². The number of halogens is 2. The van der Waals surface area contributed by atoms with Crippen LogP contribution >= 0.6 is 23.2 Å². The molecule has 2 atom stereocenters. The highest BCUT2D eigenvalue weighted by molar-refractivity contribution is 6.30. The van der Waals surface area contributed by atoms with Gasteiger partial charge in [0, 0.05) is 10.0 Å². The van der Waals surface area contributed by atoms with Gasteiger partial charge in [-0.1, -0.05) is 53.5 Å². The molecule has 0 N–H and O–H groups in total. The van der Waals surface area contributed by atoms with E-state index in [0.717, 1.165) is 11.1 Å². The summed E-state index contributed by atoms with van der Waals surface area (Å²) in [5.41, 5.74) is 3.43. The molecule has 0 saturated carbocycles. The van der Waals surface area contributed by atoms with Gasteiger partial charge in [-0.25, -0.2) is 15.0 Å². The first-order chi connectivity index (χ1) is 14.7. The van der Waals surface area contributed by atoms with E-state index in [2.05, 4.69) is 4.98 Å². The molecule has 0 spiro atoms. The van der Waals surface area contributed by atoms with Crippen molar-refractivity contribution < 1.29 is 9.47 Å². The lowest BCUT2D eigenvalue weighted by Gasteiger charge is -2.04. The van der Waals surface area contributed by atoms with E-state index in [9.17, 15) is 0 Å². The molecule has 5 rings (SSSR count). The summed E-state index contributed by atoms with van der Waals surface area (Å²) < 4.78 is 11.6. The predicted molar refractivity (Wildman–Crippen MR) is 118 cm³/mol. The molecule has 0 saturated heterocycles. The maximum atomic E-state index is 5.97. The summed E-state index contributed by atoms with van der Waals surface area (Å²) in [7, 11) is 0. The molecular formula is C23H17Cl2N3O2. The molecule has 150 valence electrons. The van der Waals surface area contributed by atoms with Crippen LogP contribution < -0.4 is 0 Å². The van der Waals surface area contributed by atoms with E-state index in [0.29, 0.717) is 46.4 Å². The number of rotatable bonds is 4. The fraction of sp³-hybridized carbons (Fsp3) is 0.174. The molecule has 2 aliphatic rings. The van der Waals surface area contributed by atoms with Crippen molar-refractivity contribution in [2.45, 2.75) is 12.1 Å². The molecule has 3 aromatic rings. The average Bonchev–Trinajstić information content (AvgIpc) is 3.45. The van der Waals surface area contributed by atoms with Gasteiger partial charge in [0.2, 0.25) is 11.8 Å². The molecule has 2 unspecified atom stereocenters. The Balaban J connectivity index is 1.37. The van der Waals surface area contributed by atoms with Gasteiger partial charge in [-0.2, -0.15) is 0 Å². The highest BCUT2D eigenvalue weighted by Gasteiger charge is 2.25. The minimum Gasteiger partial charge on any atom is -0.474 e. The fourth-order valence-corrected chi connectivity index (χ4v) is 3.66. The number of benzene rings is 2. The first-order valence-electron chi connectivity index (χ1n) is 9.55. The predicted octanol–water partition coefficient (Wildman–Crippen LogP) is 5.42. The maximum Gasteiger partial charge on any atom is 0.236 e. The Bertz CT molecular complexity index is 1040. The standard InChI is InChI=1S/C23H17Cl2N3O2/c24-16-8-4-14(5-9-16)20-12-29-22(27-20)18-2-1-3-19(26-18)23-28-21(13-30-23)15-6-10-17(25)11-7-15/h1-11,20-21H,12-13H2. The Hall–Kier alpha value is -2.89. The lowest BCUT2D eigenvalue weighted by molar-refractivity contribution is 0.317. The minimum absolute atomic E-state index is 0.0721. The summed E-state index contributed by atoms with van der Waals surface area (Å²) in [6, 6.07) is 20.8. The van der Waals surface area contributed by atoms with Gasteiger partial charge < -0.3 is 9.47 Å². The van der Waals surface area contributed by atoms with Crippen LogP contribution in [-0.2, 0) is 9.47 Å². The topological polar surface area (TPSA) is 56.1 Å². The molecule has 7 heteroatoms. The van der Waals surface area contributed by atoms with Gasteiger partial charge in [0.05, 0.1) is 0 Å². The minimum atomic E-state index is -0.0721. The Morgan fingerprint density at radius 3 is 1.50 bits per heavy atom. The fourth-order valence-electron chi connectivity index (χ4n) is 3.41. The van der Waals surface area contributed by atoms with Crippen LogP contribution in [0.4, 0.5) is 0 Å². The van der Waals surface area contributed by atoms with E-state index in [4.69, 9.17) is 42.7 Å². The summed E-state index contributed by atoms with van der Waals surface area (Å²) >= 11 is 11.9. The average molecular weight is 438 g/mol. The number of ether oxygens (including phenoxy) is 2. The van der Waals surface area contributed by atoms with Crippen LogP contribution in [0.3, 0.4) is 0 Å². The Kier molecular flexibility index (Phi) is 5.15. The van der Waals surface area contributed by atoms with Crippen molar-refractivity contribution in [3.05, 3.63) is 99.3 Å². The summed E-state index contributed by atoms with van der Waals surface area (Å²) in [5.74, 6) is 1.04. The molecule has 0 radical (unpaired) electrons. The van der Waals surface area contributed by atoms with E-state index in [1.807, 2.05) is 66.7 Å². The SMILES string of the molecule is Clc1ccc(C2COC(c3cccc(C4=NC(c5ccc(Cl)cc5)CO4)n3)=N2)cc1. The van der Waals surface area contributed by atoms with Crippen LogP contribution in [0.2, 0.25) is 10.0 Å². The van der Waals surface area contributed by atoms with Crippen molar-refractivity contribution in [1.82, 2.24) is 4.98 Å². The lowest BCUT2D eigenvalue weighted by atomic mass is 10.1. The van der Waals surface area contributed by atoms with Crippen molar-refractivity contribution >= 4 is 35.0 Å². The zero-order valence-electron chi connectivity index (χ0n) is 15.8. The number of hydrogen-bond acceptors (Lipinski definition) is 5. The van der Waals surface area contributed by atoms with Gasteiger partial charge in [-0.15, -0.1) is 0 Å². The van der Waals surface area contributed by atoms with E-state index in [1.54, 1.807) is 0 Å². The van der Waals surface area contributed by atoms with Crippen molar-refractivity contribution in [1.29, 1.82) is 0 Å². The van der Waals surface area contributed by atoms with Crippen LogP contribution in [0, 0.1) is 0 Å². The Morgan fingerprint density at radius 2 is 1.07 bits per heavy atom. The molecule has 0 amide bonds. The van der Waals surface area contributed by atoms with Gasteiger partial charge in [-0.3, -0.25) is 0 Å². The van der Waals surface area contributed by atoms with Crippen molar-refractivity contribution in [2.75, 3.05) is 13.2 Å². The number of pyridine rings is 1. The van der Waals surface area contributed by atoms with Crippen molar-refractivity contribution in [3.63, 3.8) is 0 Å². The highest BCUT2D eigenvalue weighted by Crippen LogP contribution is 2.28. The summed E-state index contributed by atoms with van der Waals surface area (Å²) in [5, 5.41) is 1.40. The zero-order valence-corrected chi connectivity index (χ0v) is 17.3. The number of aliphatic imine (C=N–C) groups is 2. The molecule has 30 heavy (non-hydrogen) atoms. The first-order valence-corrected chi connectivity index (χ1v) is 10.3.